The third-order valence-electron chi connectivity index (χ3n) is 5.29. The number of unbranched alkanes of at least 4 members (excludes halogenated alkanes) is 1. The Labute approximate surface area is 135 Å². The first-order chi connectivity index (χ1) is 10.4. The maximum absolute atomic E-state index is 14.1. The van der Waals surface area contributed by atoms with E-state index in [0.717, 1.165) is 47.9 Å². The summed E-state index contributed by atoms with van der Waals surface area (Å²) in [6.45, 7) is 4.00. The molecule has 0 aromatic heterocycles. The van der Waals surface area contributed by atoms with Crippen molar-refractivity contribution in [3.63, 3.8) is 0 Å². The van der Waals surface area contributed by atoms with E-state index in [1.165, 1.54) is 6.07 Å². The van der Waals surface area contributed by atoms with E-state index in [1.807, 2.05) is 6.92 Å². The van der Waals surface area contributed by atoms with Crippen molar-refractivity contribution in [2.24, 2.45) is 5.41 Å². The zero-order valence-corrected chi connectivity index (χ0v) is 13.8. The molecule has 1 aromatic carbocycles. The Hall–Kier alpha value is -1.35. The Morgan fingerprint density at radius 1 is 1.50 bits per heavy atom. The number of anilines is 1. The Bertz CT molecular complexity index is 682. The van der Waals surface area contributed by atoms with E-state index in [9.17, 15) is 9.18 Å². The van der Waals surface area contributed by atoms with Crippen LogP contribution >= 0.6 is 11.6 Å². The van der Waals surface area contributed by atoms with Crippen molar-refractivity contribution in [1.29, 1.82) is 0 Å². The molecule has 0 bridgehead atoms. The largest absolute Gasteiger partial charge is 0.396 e. The molecule has 0 spiro atoms. The molecule has 1 aromatic rings. The molecule has 118 valence electrons. The van der Waals surface area contributed by atoms with E-state index in [4.69, 9.17) is 17.3 Å². The van der Waals surface area contributed by atoms with Gasteiger partial charge in [-0.2, -0.15) is 0 Å². The molecule has 0 heterocycles. The summed E-state index contributed by atoms with van der Waals surface area (Å²) >= 11 is 6.64. The number of allylic oxidation sites excluding steroid dienone is 2. The van der Waals surface area contributed by atoms with Crippen LogP contribution in [0, 0.1) is 18.2 Å². The number of ketones is 1. The Balaban J connectivity index is 2.20. The maximum atomic E-state index is 14.1. The van der Waals surface area contributed by atoms with Gasteiger partial charge in [0.15, 0.2) is 5.78 Å². The fraction of sp³-hybridized carbons (Fsp3) is 0.500. The van der Waals surface area contributed by atoms with Crippen LogP contribution in [0.1, 0.15) is 49.3 Å². The molecule has 2 aliphatic carbocycles. The first kappa shape index (κ1) is 15.5. The van der Waals surface area contributed by atoms with E-state index in [1.54, 1.807) is 6.08 Å². The number of carbonyl (C=O) groups is 1. The molecular formula is C18H21ClFNO. The molecule has 0 saturated heterocycles. The predicted octanol–water partition coefficient (Wildman–Crippen LogP) is 4.41. The fourth-order valence-corrected chi connectivity index (χ4v) is 4.40. The summed E-state index contributed by atoms with van der Waals surface area (Å²) in [4.78, 5) is 12.0. The highest BCUT2D eigenvalue weighted by Gasteiger charge is 2.50. The number of nitrogens with two attached hydrogens (primary N) is 1. The molecule has 0 radical (unpaired) electrons. The molecule has 3 rings (SSSR count). The number of hydrogen-bond acceptors (Lipinski definition) is 2. The average Bonchev–Trinajstić information content (AvgIpc) is 2.79. The summed E-state index contributed by atoms with van der Waals surface area (Å²) in [5, 5.41) is -0.234. The second-order valence-corrected chi connectivity index (χ2v) is 7.08. The van der Waals surface area contributed by atoms with Gasteiger partial charge in [0.1, 0.15) is 5.82 Å². The van der Waals surface area contributed by atoms with Crippen molar-refractivity contribution in [3.05, 3.63) is 34.6 Å². The zero-order chi connectivity index (χ0) is 16.1. The van der Waals surface area contributed by atoms with E-state index < -0.39 is 5.82 Å². The number of carbonyl (C=O) groups excluding carboxylic acids is 1. The van der Waals surface area contributed by atoms with Crippen molar-refractivity contribution < 1.29 is 9.18 Å². The van der Waals surface area contributed by atoms with Gasteiger partial charge in [-0.15, -0.1) is 11.6 Å². The van der Waals surface area contributed by atoms with Gasteiger partial charge in [-0.25, -0.2) is 4.39 Å². The molecule has 4 heteroatoms. The standard InChI is InChI=1S/C18H21ClFNO/c1-3-4-5-18-9-13-10(2)17(21)15(20)8-12(13)14(18)6-11(22)7-16(18)19/h6,8,16H,3-5,7,9,21H2,1-2H3. The summed E-state index contributed by atoms with van der Waals surface area (Å²) < 4.78 is 14.1. The van der Waals surface area contributed by atoms with Crippen molar-refractivity contribution in [2.45, 2.75) is 51.3 Å². The van der Waals surface area contributed by atoms with Gasteiger partial charge in [-0.3, -0.25) is 4.79 Å². The molecule has 2 unspecified atom stereocenters. The van der Waals surface area contributed by atoms with Gasteiger partial charge in [0, 0.05) is 11.8 Å². The second-order valence-electron chi connectivity index (χ2n) is 6.56. The molecule has 2 aliphatic rings. The van der Waals surface area contributed by atoms with E-state index in [2.05, 4.69) is 6.92 Å². The molecule has 0 saturated carbocycles. The van der Waals surface area contributed by atoms with E-state index in [0.29, 0.717) is 6.42 Å². The van der Waals surface area contributed by atoms with Crippen LogP contribution in [0.15, 0.2) is 12.1 Å². The minimum atomic E-state index is -0.410. The number of rotatable bonds is 3. The molecular weight excluding hydrogens is 301 g/mol. The van der Waals surface area contributed by atoms with Gasteiger partial charge >= 0.3 is 0 Å². The third-order valence-corrected chi connectivity index (χ3v) is 5.86. The lowest BCUT2D eigenvalue weighted by Crippen LogP contribution is -2.36. The first-order valence-corrected chi connectivity index (χ1v) is 8.31. The molecule has 2 nitrogen and oxygen atoms in total. The predicted molar refractivity (Wildman–Crippen MR) is 88.5 cm³/mol. The minimum Gasteiger partial charge on any atom is -0.396 e. The lowest BCUT2D eigenvalue weighted by atomic mass is 9.69. The Morgan fingerprint density at radius 3 is 2.91 bits per heavy atom. The maximum Gasteiger partial charge on any atom is 0.157 e. The monoisotopic (exact) mass is 321 g/mol. The van der Waals surface area contributed by atoms with Crippen LogP contribution in [0.4, 0.5) is 10.1 Å². The molecule has 2 N–H and O–H groups in total. The van der Waals surface area contributed by atoms with Crippen LogP contribution in [-0.2, 0) is 11.2 Å². The highest BCUT2D eigenvalue weighted by Crippen LogP contribution is 2.57. The number of nitrogen functional groups attached to an aromatic ring is 1. The number of halogens is 2. The number of fused-ring (bicyclic) bond motifs is 3. The van der Waals surface area contributed by atoms with Crippen LogP contribution in [0.3, 0.4) is 0 Å². The van der Waals surface area contributed by atoms with Gasteiger partial charge < -0.3 is 5.73 Å². The summed E-state index contributed by atoms with van der Waals surface area (Å²) in [5.41, 5.74) is 9.42. The number of alkyl halides is 1. The molecule has 2 atom stereocenters. The summed E-state index contributed by atoms with van der Waals surface area (Å²) in [7, 11) is 0. The molecule has 0 fully saturated rings. The first-order valence-electron chi connectivity index (χ1n) is 7.87. The van der Waals surface area contributed by atoms with Crippen molar-refractivity contribution >= 4 is 28.6 Å². The third kappa shape index (κ3) is 2.10. The lowest BCUT2D eigenvalue weighted by molar-refractivity contribution is -0.115. The quantitative estimate of drug-likeness (QED) is 0.662. The normalized spacial score (nSPS) is 26.6. The Kier molecular flexibility index (Phi) is 3.80. The van der Waals surface area contributed by atoms with Gasteiger partial charge in [-0.1, -0.05) is 19.8 Å². The van der Waals surface area contributed by atoms with E-state index >= 15 is 0 Å². The van der Waals surface area contributed by atoms with E-state index in [-0.39, 0.29) is 22.3 Å². The van der Waals surface area contributed by atoms with Crippen molar-refractivity contribution in [2.75, 3.05) is 5.73 Å². The van der Waals surface area contributed by atoms with Crippen LogP contribution in [0.5, 0.6) is 0 Å². The average molecular weight is 322 g/mol. The second kappa shape index (κ2) is 5.38. The Morgan fingerprint density at radius 2 is 2.23 bits per heavy atom. The van der Waals surface area contributed by atoms with Crippen LogP contribution in [-0.4, -0.2) is 11.2 Å². The SMILES string of the molecule is CCCCC12Cc3c(cc(F)c(N)c3C)C1=CC(=O)CC2Cl. The highest BCUT2D eigenvalue weighted by molar-refractivity contribution is 6.25. The fourth-order valence-electron chi connectivity index (χ4n) is 3.95. The molecule has 0 aliphatic heterocycles. The summed E-state index contributed by atoms with van der Waals surface area (Å²) in [6, 6.07) is 1.49. The topological polar surface area (TPSA) is 43.1 Å². The van der Waals surface area contributed by atoms with Crippen LogP contribution < -0.4 is 5.73 Å². The molecule has 0 amide bonds. The zero-order valence-electron chi connectivity index (χ0n) is 13.0. The van der Waals surface area contributed by atoms with Crippen LogP contribution in [0.25, 0.3) is 5.57 Å². The smallest absolute Gasteiger partial charge is 0.157 e. The highest BCUT2D eigenvalue weighted by atomic mass is 35.5. The van der Waals surface area contributed by atoms with Gasteiger partial charge in [0.2, 0.25) is 0 Å². The van der Waals surface area contributed by atoms with Gasteiger partial charge in [0.05, 0.1) is 11.1 Å². The van der Waals surface area contributed by atoms with Crippen molar-refractivity contribution in [1.82, 2.24) is 0 Å². The summed E-state index contributed by atoms with van der Waals surface area (Å²) in [5.74, 6) is -0.377. The molecule has 22 heavy (non-hydrogen) atoms. The number of hydrogen-bond donors (Lipinski definition) is 1. The lowest BCUT2D eigenvalue weighted by Gasteiger charge is -2.38. The van der Waals surface area contributed by atoms with Gasteiger partial charge in [0.25, 0.3) is 0 Å². The van der Waals surface area contributed by atoms with Crippen LogP contribution in [0.2, 0.25) is 0 Å². The minimum absolute atomic E-state index is 0.0323. The summed E-state index contributed by atoms with van der Waals surface area (Å²) in [6.07, 6.45) is 5.84. The number of benzene rings is 1. The van der Waals surface area contributed by atoms with Crippen molar-refractivity contribution in [3.8, 4) is 0 Å². The van der Waals surface area contributed by atoms with Gasteiger partial charge in [-0.05, 0) is 54.2 Å².